The lowest BCUT2D eigenvalue weighted by molar-refractivity contribution is 0.322. The van der Waals surface area contributed by atoms with Gasteiger partial charge in [-0.1, -0.05) is 0 Å². The Balaban J connectivity index is 3.28. The second kappa shape index (κ2) is 3.42. The van der Waals surface area contributed by atoms with Gasteiger partial charge in [0.1, 0.15) is 0 Å². The fourth-order valence-corrected chi connectivity index (χ4v) is 0.473. The molecule has 1 atom stereocenters. The van der Waals surface area contributed by atoms with Crippen molar-refractivity contribution in [1.29, 1.82) is 5.26 Å². The second-order valence-corrected chi connectivity index (χ2v) is 1.97. The van der Waals surface area contributed by atoms with Crippen molar-refractivity contribution in [3.8, 4) is 6.07 Å². The zero-order valence-electron chi connectivity index (χ0n) is 5.26. The van der Waals surface area contributed by atoms with Gasteiger partial charge in [-0.2, -0.15) is 5.26 Å². The van der Waals surface area contributed by atoms with Gasteiger partial charge in [-0.3, -0.25) is 5.84 Å². The molecular weight excluding hydrogens is 102 g/mol. The van der Waals surface area contributed by atoms with Crippen molar-refractivity contribution in [3.05, 3.63) is 0 Å². The SMILES string of the molecule is CC(C#N)CN(C)N. The number of hydrogen-bond donors (Lipinski definition) is 1. The largest absolute Gasteiger partial charge is 0.269 e. The van der Waals surface area contributed by atoms with Crippen LogP contribution in [0.1, 0.15) is 6.92 Å². The summed E-state index contributed by atoms with van der Waals surface area (Å²) in [6.45, 7) is 2.47. The minimum Gasteiger partial charge on any atom is -0.269 e. The van der Waals surface area contributed by atoms with Gasteiger partial charge in [0.05, 0.1) is 12.0 Å². The Bertz CT molecular complexity index is 92.3. The van der Waals surface area contributed by atoms with Gasteiger partial charge < -0.3 is 0 Å². The number of rotatable bonds is 2. The standard InChI is InChI=1S/C5H11N3/c1-5(3-6)4-8(2)7/h5H,4,7H2,1-2H3. The van der Waals surface area contributed by atoms with Crippen molar-refractivity contribution < 1.29 is 0 Å². The Kier molecular flexibility index (Phi) is 3.16. The minimum absolute atomic E-state index is 0.0324. The van der Waals surface area contributed by atoms with Crippen molar-refractivity contribution in [2.75, 3.05) is 13.6 Å². The molecule has 0 aliphatic rings. The Morgan fingerprint density at radius 3 is 2.50 bits per heavy atom. The third kappa shape index (κ3) is 3.59. The molecule has 0 aromatic rings. The van der Waals surface area contributed by atoms with Crippen LogP contribution in [-0.4, -0.2) is 18.6 Å². The van der Waals surface area contributed by atoms with Crippen molar-refractivity contribution in [2.45, 2.75) is 6.92 Å². The van der Waals surface area contributed by atoms with Crippen LogP contribution in [-0.2, 0) is 0 Å². The molecule has 2 N–H and O–H groups in total. The van der Waals surface area contributed by atoms with Crippen molar-refractivity contribution >= 4 is 0 Å². The zero-order valence-corrected chi connectivity index (χ0v) is 5.26. The van der Waals surface area contributed by atoms with E-state index in [4.69, 9.17) is 11.1 Å². The second-order valence-electron chi connectivity index (χ2n) is 1.97. The Hall–Kier alpha value is -0.590. The fourth-order valence-electron chi connectivity index (χ4n) is 0.473. The van der Waals surface area contributed by atoms with E-state index in [1.165, 1.54) is 5.01 Å². The lowest BCUT2D eigenvalue weighted by Crippen LogP contribution is -2.30. The van der Waals surface area contributed by atoms with Gasteiger partial charge in [-0.15, -0.1) is 0 Å². The summed E-state index contributed by atoms with van der Waals surface area (Å²) in [6, 6.07) is 2.07. The number of hydrazine groups is 1. The molecule has 0 radical (unpaired) electrons. The van der Waals surface area contributed by atoms with Crippen molar-refractivity contribution in [2.24, 2.45) is 11.8 Å². The zero-order chi connectivity index (χ0) is 6.57. The van der Waals surface area contributed by atoms with E-state index in [0.29, 0.717) is 6.54 Å². The van der Waals surface area contributed by atoms with Crippen molar-refractivity contribution in [1.82, 2.24) is 5.01 Å². The van der Waals surface area contributed by atoms with Gasteiger partial charge in [-0.05, 0) is 6.92 Å². The average Bonchev–Trinajstić information content (AvgIpc) is 1.65. The Morgan fingerprint density at radius 1 is 1.88 bits per heavy atom. The first-order chi connectivity index (χ1) is 3.66. The minimum atomic E-state index is 0.0324. The third-order valence-corrected chi connectivity index (χ3v) is 0.782. The maximum Gasteiger partial charge on any atom is 0.0666 e. The van der Waals surface area contributed by atoms with Gasteiger partial charge in [-0.25, -0.2) is 5.01 Å². The fraction of sp³-hybridized carbons (Fsp3) is 0.800. The van der Waals surface area contributed by atoms with E-state index in [2.05, 4.69) is 6.07 Å². The highest BCUT2D eigenvalue weighted by atomic mass is 15.4. The van der Waals surface area contributed by atoms with Crippen LogP contribution in [0.25, 0.3) is 0 Å². The van der Waals surface area contributed by atoms with E-state index in [-0.39, 0.29) is 5.92 Å². The van der Waals surface area contributed by atoms with Gasteiger partial charge in [0.15, 0.2) is 0 Å². The molecule has 0 bridgehead atoms. The lowest BCUT2D eigenvalue weighted by Gasteiger charge is -2.08. The summed E-state index contributed by atoms with van der Waals surface area (Å²) in [4.78, 5) is 0. The summed E-state index contributed by atoms with van der Waals surface area (Å²) in [7, 11) is 1.74. The van der Waals surface area contributed by atoms with E-state index in [1.807, 2.05) is 6.92 Å². The van der Waals surface area contributed by atoms with Gasteiger partial charge in [0.25, 0.3) is 0 Å². The number of nitrogens with two attached hydrogens (primary N) is 1. The van der Waals surface area contributed by atoms with Crippen LogP contribution in [0.2, 0.25) is 0 Å². The topological polar surface area (TPSA) is 53.0 Å². The quantitative estimate of drug-likeness (QED) is 0.403. The summed E-state index contributed by atoms with van der Waals surface area (Å²) in [5.74, 6) is 5.28. The number of nitrogens with zero attached hydrogens (tertiary/aromatic N) is 2. The smallest absolute Gasteiger partial charge is 0.0666 e. The van der Waals surface area contributed by atoms with E-state index >= 15 is 0 Å². The Labute approximate surface area is 49.7 Å². The number of nitriles is 1. The molecule has 0 rings (SSSR count). The molecule has 0 heterocycles. The van der Waals surface area contributed by atoms with E-state index in [0.717, 1.165) is 0 Å². The average molecular weight is 113 g/mol. The molecule has 0 saturated carbocycles. The van der Waals surface area contributed by atoms with Crippen LogP contribution in [0.3, 0.4) is 0 Å². The molecule has 0 saturated heterocycles. The Morgan fingerprint density at radius 2 is 2.38 bits per heavy atom. The normalized spacial score (nSPS) is 13.4. The molecule has 0 aromatic carbocycles. The maximum atomic E-state index is 8.25. The first-order valence-corrected chi connectivity index (χ1v) is 2.52. The summed E-state index contributed by atoms with van der Waals surface area (Å²) in [5, 5.41) is 9.76. The molecule has 0 spiro atoms. The van der Waals surface area contributed by atoms with E-state index < -0.39 is 0 Å². The highest BCUT2D eigenvalue weighted by molar-refractivity contribution is 4.79. The highest BCUT2D eigenvalue weighted by Crippen LogP contribution is 1.89. The molecule has 0 amide bonds. The number of hydrogen-bond acceptors (Lipinski definition) is 3. The van der Waals surface area contributed by atoms with E-state index in [9.17, 15) is 0 Å². The van der Waals surface area contributed by atoms with Crippen molar-refractivity contribution in [3.63, 3.8) is 0 Å². The lowest BCUT2D eigenvalue weighted by atomic mass is 10.2. The first kappa shape index (κ1) is 7.41. The predicted octanol–water partition coefficient (Wildman–Crippen LogP) is -0.0484. The first-order valence-electron chi connectivity index (χ1n) is 2.52. The van der Waals surface area contributed by atoms with Gasteiger partial charge in [0.2, 0.25) is 0 Å². The summed E-state index contributed by atoms with van der Waals surface area (Å²) in [5.41, 5.74) is 0. The summed E-state index contributed by atoms with van der Waals surface area (Å²) < 4.78 is 0. The molecule has 0 fully saturated rings. The molecular formula is C5H11N3. The molecule has 0 aromatic heterocycles. The van der Waals surface area contributed by atoms with Crippen LogP contribution in [0.5, 0.6) is 0 Å². The van der Waals surface area contributed by atoms with Gasteiger partial charge >= 0.3 is 0 Å². The maximum absolute atomic E-state index is 8.25. The van der Waals surface area contributed by atoms with Crippen LogP contribution in [0, 0.1) is 17.2 Å². The monoisotopic (exact) mass is 113 g/mol. The van der Waals surface area contributed by atoms with E-state index in [1.54, 1.807) is 7.05 Å². The van der Waals surface area contributed by atoms with Crippen LogP contribution < -0.4 is 5.84 Å². The molecule has 3 heteroatoms. The van der Waals surface area contributed by atoms with Gasteiger partial charge in [0, 0.05) is 13.6 Å². The highest BCUT2D eigenvalue weighted by Gasteiger charge is 1.98. The molecule has 46 valence electrons. The third-order valence-electron chi connectivity index (χ3n) is 0.782. The van der Waals surface area contributed by atoms with Crippen LogP contribution in [0.15, 0.2) is 0 Å². The summed E-state index contributed by atoms with van der Waals surface area (Å²) in [6.07, 6.45) is 0. The van der Waals surface area contributed by atoms with Crippen LogP contribution >= 0.6 is 0 Å². The molecule has 8 heavy (non-hydrogen) atoms. The molecule has 0 aliphatic heterocycles. The molecule has 3 nitrogen and oxygen atoms in total. The van der Waals surface area contributed by atoms with Crippen LogP contribution in [0.4, 0.5) is 0 Å². The molecule has 1 unspecified atom stereocenters. The predicted molar refractivity (Wildman–Crippen MR) is 31.6 cm³/mol. The molecule has 0 aliphatic carbocycles. The summed E-state index contributed by atoms with van der Waals surface area (Å²) >= 11 is 0.